The molecular weight excluding hydrogens is 194 g/mol. The summed E-state index contributed by atoms with van der Waals surface area (Å²) < 4.78 is 5.26. The van der Waals surface area contributed by atoms with Crippen LogP contribution in [0.4, 0.5) is 0 Å². The SMILES string of the molecule is Cc1cc(C(=O)NCCC(C)O)oc1C. The molecule has 1 aromatic rings. The molecular formula is C11H17NO3. The lowest BCUT2D eigenvalue weighted by Crippen LogP contribution is -2.26. The van der Waals surface area contributed by atoms with Crippen molar-refractivity contribution < 1.29 is 14.3 Å². The van der Waals surface area contributed by atoms with Crippen LogP contribution in [-0.2, 0) is 0 Å². The van der Waals surface area contributed by atoms with E-state index in [-0.39, 0.29) is 5.91 Å². The van der Waals surface area contributed by atoms with E-state index in [2.05, 4.69) is 5.32 Å². The molecule has 4 nitrogen and oxygen atoms in total. The maximum absolute atomic E-state index is 11.5. The van der Waals surface area contributed by atoms with Crippen LogP contribution in [0.1, 0.15) is 35.2 Å². The van der Waals surface area contributed by atoms with Gasteiger partial charge in [-0.3, -0.25) is 4.79 Å². The van der Waals surface area contributed by atoms with E-state index in [0.29, 0.717) is 18.7 Å². The zero-order chi connectivity index (χ0) is 11.4. The normalized spacial score (nSPS) is 12.5. The molecule has 0 saturated carbocycles. The van der Waals surface area contributed by atoms with Gasteiger partial charge in [0.2, 0.25) is 0 Å². The van der Waals surface area contributed by atoms with Crippen molar-refractivity contribution >= 4 is 5.91 Å². The summed E-state index contributed by atoms with van der Waals surface area (Å²) in [5.74, 6) is 0.859. The van der Waals surface area contributed by atoms with Crippen molar-refractivity contribution in [3.8, 4) is 0 Å². The largest absolute Gasteiger partial charge is 0.456 e. The summed E-state index contributed by atoms with van der Waals surface area (Å²) in [6.07, 6.45) is 0.148. The maximum atomic E-state index is 11.5. The number of amides is 1. The van der Waals surface area contributed by atoms with Crippen LogP contribution in [0.5, 0.6) is 0 Å². The van der Waals surface area contributed by atoms with E-state index in [1.165, 1.54) is 0 Å². The molecule has 1 aromatic heterocycles. The van der Waals surface area contributed by atoms with Gasteiger partial charge in [-0.15, -0.1) is 0 Å². The Kier molecular flexibility index (Phi) is 3.91. The van der Waals surface area contributed by atoms with E-state index < -0.39 is 6.10 Å². The van der Waals surface area contributed by atoms with Gasteiger partial charge in [-0.1, -0.05) is 0 Å². The summed E-state index contributed by atoms with van der Waals surface area (Å²) in [5.41, 5.74) is 0.968. The highest BCUT2D eigenvalue weighted by Gasteiger charge is 2.11. The van der Waals surface area contributed by atoms with Crippen LogP contribution in [0, 0.1) is 13.8 Å². The van der Waals surface area contributed by atoms with E-state index in [9.17, 15) is 4.79 Å². The van der Waals surface area contributed by atoms with Crippen molar-refractivity contribution in [1.29, 1.82) is 0 Å². The van der Waals surface area contributed by atoms with Crippen LogP contribution in [0.15, 0.2) is 10.5 Å². The number of carbonyl (C=O) groups is 1. The van der Waals surface area contributed by atoms with E-state index >= 15 is 0 Å². The zero-order valence-electron chi connectivity index (χ0n) is 9.33. The average Bonchev–Trinajstić information content (AvgIpc) is 2.46. The minimum Gasteiger partial charge on any atom is -0.456 e. The highest BCUT2D eigenvalue weighted by atomic mass is 16.3. The van der Waals surface area contributed by atoms with E-state index in [1.807, 2.05) is 13.8 Å². The van der Waals surface area contributed by atoms with Gasteiger partial charge >= 0.3 is 0 Å². The Balaban J connectivity index is 2.47. The molecule has 0 aliphatic carbocycles. The van der Waals surface area contributed by atoms with Crippen molar-refractivity contribution in [2.75, 3.05) is 6.54 Å². The molecule has 4 heteroatoms. The van der Waals surface area contributed by atoms with Crippen molar-refractivity contribution in [2.24, 2.45) is 0 Å². The molecule has 1 unspecified atom stereocenters. The van der Waals surface area contributed by atoms with Crippen molar-refractivity contribution in [2.45, 2.75) is 33.3 Å². The highest BCUT2D eigenvalue weighted by molar-refractivity contribution is 5.91. The molecule has 0 bridgehead atoms. The van der Waals surface area contributed by atoms with Gasteiger partial charge in [0, 0.05) is 6.54 Å². The molecule has 0 radical (unpaired) electrons. The fraction of sp³-hybridized carbons (Fsp3) is 0.545. The molecule has 1 amide bonds. The second-order valence-corrected chi connectivity index (χ2v) is 3.74. The standard InChI is InChI=1S/C11H17NO3/c1-7-6-10(15-9(7)3)11(14)12-5-4-8(2)13/h6,8,13H,4-5H2,1-3H3,(H,12,14). The van der Waals surface area contributed by atoms with Crippen molar-refractivity contribution in [3.05, 3.63) is 23.2 Å². The Morgan fingerprint density at radius 3 is 2.73 bits per heavy atom. The fourth-order valence-electron chi connectivity index (χ4n) is 1.17. The summed E-state index contributed by atoms with van der Waals surface area (Å²) in [6, 6.07) is 1.72. The van der Waals surface area contributed by atoms with Gasteiger partial charge in [0.1, 0.15) is 5.76 Å². The number of carbonyl (C=O) groups excluding carboxylic acids is 1. The quantitative estimate of drug-likeness (QED) is 0.791. The molecule has 84 valence electrons. The number of furan rings is 1. The molecule has 0 saturated heterocycles. The Hall–Kier alpha value is -1.29. The van der Waals surface area contributed by atoms with Crippen LogP contribution >= 0.6 is 0 Å². The lowest BCUT2D eigenvalue weighted by atomic mass is 10.2. The summed E-state index contributed by atoms with van der Waals surface area (Å²) in [7, 11) is 0. The number of hydrogen-bond donors (Lipinski definition) is 2. The van der Waals surface area contributed by atoms with Gasteiger partial charge in [0.05, 0.1) is 6.10 Å². The molecule has 2 N–H and O–H groups in total. The van der Waals surface area contributed by atoms with Gasteiger partial charge in [-0.05, 0) is 38.8 Å². The van der Waals surface area contributed by atoms with Crippen LogP contribution in [0.25, 0.3) is 0 Å². The van der Waals surface area contributed by atoms with E-state index in [4.69, 9.17) is 9.52 Å². The molecule has 15 heavy (non-hydrogen) atoms. The first-order valence-electron chi connectivity index (χ1n) is 5.04. The molecule has 0 aliphatic heterocycles. The second-order valence-electron chi connectivity index (χ2n) is 3.74. The molecule has 1 atom stereocenters. The van der Waals surface area contributed by atoms with Crippen LogP contribution in [0.3, 0.4) is 0 Å². The lowest BCUT2D eigenvalue weighted by molar-refractivity contribution is 0.0916. The monoisotopic (exact) mass is 211 g/mol. The molecule has 1 rings (SSSR count). The molecule has 0 aromatic carbocycles. The van der Waals surface area contributed by atoms with Gasteiger partial charge in [0.15, 0.2) is 5.76 Å². The van der Waals surface area contributed by atoms with Crippen molar-refractivity contribution in [3.63, 3.8) is 0 Å². The summed E-state index contributed by atoms with van der Waals surface area (Å²) in [6.45, 7) is 5.86. The smallest absolute Gasteiger partial charge is 0.287 e. The number of aliphatic hydroxyl groups excluding tert-OH is 1. The minimum absolute atomic E-state index is 0.230. The molecule has 0 spiro atoms. The first-order chi connectivity index (χ1) is 7.00. The first kappa shape index (κ1) is 11.8. The number of aliphatic hydroxyl groups is 1. The van der Waals surface area contributed by atoms with Gasteiger partial charge in [-0.2, -0.15) is 0 Å². The third-order valence-corrected chi connectivity index (χ3v) is 2.24. The highest BCUT2D eigenvalue weighted by Crippen LogP contribution is 2.12. The zero-order valence-corrected chi connectivity index (χ0v) is 9.33. The van der Waals surface area contributed by atoms with Gasteiger partial charge in [-0.25, -0.2) is 0 Å². The lowest BCUT2D eigenvalue weighted by Gasteiger charge is -2.04. The molecule has 0 aliphatic rings. The van der Waals surface area contributed by atoms with Crippen molar-refractivity contribution in [1.82, 2.24) is 5.32 Å². The number of hydrogen-bond acceptors (Lipinski definition) is 3. The summed E-state index contributed by atoms with van der Waals surface area (Å²) in [4.78, 5) is 11.5. The first-order valence-corrected chi connectivity index (χ1v) is 5.04. The van der Waals surface area contributed by atoms with Gasteiger partial charge < -0.3 is 14.8 Å². The third-order valence-electron chi connectivity index (χ3n) is 2.24. The topological polar surface area (TPSA) is 62.5 Å². The Morgan fingerprint density at radius 1 is 1.60 bits per heavy atom. The molecule has 1 heterocycles. The van der Waals surface area contributed by atoms with Crippen LogP contribution < -0.4 is 5.32 Å². The second kappa shape index (κ2) is 4.98. The number of nitrogens with one attached hydrogen (secondary N) is 1. The predicted octanol–water partition coefficient (Wildman–Crippen LogP) is 1.40. The van der Waals surface area contributed by atoms with Gasteiger partial charge in [0.25, 0.3) is 5.91 Å². The van der Waals surface area contributed by atoms with E-state index in [0.717, 1.165) is 11.3 Å². The van der Waals surface area contributed by atoms with Crippen LogP contribution in [-0.4, -0.2) is 23.7 Å². The Morgan fingerprint density at radius 2 is 2.27 bits per heavy atom. The fourth-order valence-corrected chi connectivity index (χ4v) is 1.17. The maximum Gasteiger partial charge on any atom is 0.287 e. The number of rotatable bonds is 4. The summed E-state index contributed by atoms with van der Waals surface area (Å²) >= 11 is 0. The Labute approximate surface area is 89.3 Å². The third kappa shape index (κ3) is 3.40. The average molecular weight is 211 g/mol. The summed E-state index contributed by atoms with van der Waals surface area (Å²) in [5, 5.41) is 11.7. The predicted molar refractivity (Wildman–Crippen MR) is 56.8 cm³/mol. The Bertz CT molecular complexity index is 322. The van der Waals surface area contributed by atoms with E-state index in [1.54, 1.807) is 13.0 Å². The minimum atomic E-state index is -0.398. The number of aryl methyl sites for hydroxylation is 2. The van der Waals surface area contributed by atoms with Crippen LogP contribution in [0.2, 0.25) is 0 Å². The molecule has 0 fully saturated rings.